The Morgan fingerprint density at radius 3 is 2.41 bits per heavy atom. The number of tetrazole rings is 1. The Morgan fingerprint density at radius 1 is 0.864 bits per heavy atom. The highest BCUT2D eigenvalue weighted by molar-refractivity contribution is 6.30. The van der Waals surface area contributed by atoms with E-state index in [0.29, 0.717) is 10.7 Å². The number of rotatable bonds is 2. The van der Waals surface area contributed by atoms with Crippen LogP contribution in [0.1, 0.15) is 0 Å². The maximum absolute atomic E-state index is 5.95. The van der Waals surface area contributed by atoms with Gasteiger partial charge in [0.25, 0.3) is 0 Å². The van der Waals surface area contributed by atoms with E-state index < -0.39 is 0 Å². The van der Waals surface area contributed by atoms with Crippen LogP contribution in [-0.4, -0.2) is 25.3 Å². The Hall–Kier alpha value is -2.79. The molecule has 0 aliphatic carbocycles. The van der Waals surface area contributed by atoms with Crippen LogP contribution in [0.15, 0.2) is 60.7 Å². The van der Waals surface area contributed by atoms with Gasteiger partial charge in [-0.2, -0.15) is 0 Å². The van der Waals surface area contributed by atoms with Crippen LogP contribution in [0, 0.1) is 0 Å². The molecule has 0 bridgehead atoms. The summed E-state index contributed by atoms with van der Waals surface area (Å²) in [5.74, 6) is 0. The number of halogens is 1. The van der Waals surface area contributed by atoms with Gasteiger partial charge in [0.1, 0.15) is 0 Å². The average molecular weight is 308 g/mol. The van der Waals surface area contributed by atoms with Crippen LogP contribution in [0.4, 0.5) is 0 Å². The monoisotopic (exact) mass is 307 g/mol. The van der Waals surface area contributed by atoms with Gasteiger partial charge in [0.15, 0.2) is 0 Å². The van der Waals surface area contributed by atoms with E-state index in [-0.39, 0.29) is 0 Å². The summed E-state index contributed by atoms with van der Waals surface area (Å²) in [6.45, 7) is 0. The summed E-state index contributed by atoms with van der Waals surface area (Å²) in [5, 5.41) is 16.9. The number of nitrogens with zero attached hydrogens (tertiary/aromatic N) is 5. The summed E-state index contributed by atoms with van der Waals surface area (Å²) in [7, 11) is 0. The van der Waals surface area contributed by atoms with Gasteiger partial charge in [-0.15, -0.1) is 14.8 Å². The molecule has 0 fully saturated rings. The van der Waals surface area contributed by atoms with Crippen molar-refractivity contribution in [2.75, 3.05) is 0 Å². The maximum Gasteiger partial charge on any atom is 0.207 e. The van der Waals surface area contributed by atoms with E-state index in [2.05, 4.69) is 20.6 Å². The minimum Gasteiger partial charge on any atom is -0.147 e. The number of fused-ring (bicyclic) bond motifs is 1. The minimum atomic E-state index is 0.629. The van der Waals surface area contributed by atoms with Gasteiger partial charge < -0.3 is 0 Å². The fourth-order valence-corrected chi connectivity index (χ4v) is 2.46. The molecule has 0 saturated heterocycles. The second kappa shape index (κ2) is 5.20. The molecular formula is C16H10ClN5. The highest BCUT2D eigenvalue weighted by atomic mass is 35.5. The molecule has 2 aromatic carbocycles. The van der Waals surface area contributed by atoms with Crippen LogP contribution in [0.5, 0.6) is 0 Å². The van der Waals surface area contributed by atoms with Crippen molar-refractivity contribution in [2.24, 2.45) is 0 Å². The van der Waals surface area contributed by atoms with Crippen LogP contribution in [0.3, 0.4) is 0 Å². The third-order valence-electron chi connectivity index (χ3n) is 3.40. The molecule has 0 aliphatic heterocycles. The first-order chi connectivity index (χ1) is 10.8. The summed E-state index contributed by atoms with van der Waals surface area (Å²) >= 11 is 5.95. The molecule has 0 aliphatic rings. The molecule has 0 radical (unpaired) electrons. The number of aromatic nitrogens is 5. The summed E-state index contributed by atoms with van der Waals surface area (Å²) < 4.78 is 1.45. The molecule has 0 spiro atoms. The second-order valence-corrected chi connectivity index (χ2v) is 5.24. The smallest absolute Gasteiger partial charge is 0.147 e. The standard InChI is InChI=1S/C16H10ClN5/c17-13-8-6-12(7-9-13)15-10-14(11-4-2-1-3-5-11)16-18-20-21-22(16)19-15/h1-10H. The van der Waals surface area contributed by atoms with Crippen molar-refractivity contribution in [3.63, 3.8) is 0 Å². The van der Waals surface area contributed by atoms with Crippen LogP contribution in [0.25, 0.3) is 28.0 Å². The largest absolute Gasteiger partial charge is 0.207 e. The predicted octanol–water partition coefficient (Wildman–Crippen LogP) is 3.51. The lowest BCUT2D eigenvalue weighted by atomic mass is 10.0. The molecule has 5 nitrogen and oxygen atoms in total. The highest BCUT2D eigenvalue weighted by Gasteiger charge is 2.12. The molecule has 2 aromatic heterocycles. The van der Waals surface area contributed by atoms with Crippen molar-refractivity contribution in [3.8, 4) is 22.4 Å². The minimum absolute atomic E-state index is 0.629. The van der Waals surface area contributed by atoms with Crippen LogP contribution in [0.2, 0.25) is 5.02 Å². The second-order valence-electron chi connectivity index (χ2n) is 4.81. The van der Waals surface area contributed by atoms with Gasteiger partial charge >= 0.3 is 0 Å². The first-order valence-electron chi connectivity index (χ1n) is 6.72. The first-order valence-corrected chi connectivity index (χ1v) is 7.10. The number of hydrogen-bond donors (Lipinski definition) is 0. The maximum atomic E-state index is 5.95. The average Bonchev–Trinajstić information content (AvgIpc) is 3.04. The van der Waals surface area contributed by atoms with Crippen molar-refractivity contribution >= 4 is 17.2 Å². The topological polar surface area (TPSA) is 56.0 Å². The lowest BCUT2D eigenvalue weighted by molar-refractivity contribution is 0.736. The Bertz CT molecular complexity index is 932. The zero-order chi connectivity index (χ0) is 14.9. The summed E-state index contributed by atoms with van der Waals surface area (Å²) in [6.07, 6.45) is 0. The van der Waals surface area contributed by atoms with Gasteiger partial charge in [-0.3, -0.25) is 0 Å². The normalized spacial score (nSPS) is 11.0. The van der Waals surface area contributed by atoms with E-state index in [1.807, 2.05) is 60.7 Å². The highest BCUT2D eigenvalue weighted by Crippen LogP contribution is 2.27. The predicted molar refractivity (Wildman–Crippen MR) is 84.5 cm³/mol. The van der Waals surface area contributed by atoms with E-state index in [0.717, 1.165) is 22.4 Å². The quantitative estimate of drug-likeness (QED) is 0.568. The Morgan fingerprint density at radius 2 is 1.64 bits per heavy atom. The van der Waals surface area contributed by atoms with Gasteiger partial charge in [0.05, 0.1) is 5.69 Å². The van der Waals surface area contributed by atoms with E-state index in [1.165, 1.54) is 4.63 Å². The molecule has 0 saturated carbocycles. The summed E-state index contributed by atoms with van der Waals surface area (Å²) in [6, 6.07) is 19.5. The fraction of sp³-hybridized carbons (Fsp3) is 0. The molecule has 4 rings (SSSR count). The Balaban J connectivity index is 1.96. The van der Waals surface area contributed by atoms with Crippen LogP contribution >= 0.6 is 11.6 Å². The SMILES string of the molecule is Clc1ccc(-c2cc(-c3ccccc3)c3nnnn3n2)cc1. The molecule has 22 heavy (non-hydrogen) atoms. The van der Waals surface area contributed by atoms with E-state index >= 15 is 0 Å². The third kappa shape index (κ3) is 2.21. The molecule has 0 N–H and O–H groups in total. The fourth-order valence-electron chi connectivity index (χ4n) is 2.34. The first kappa shape index (κ1) is 12.9. The molecule has 0 unspecified atom stereocenters. The molecule has 0 amide bonds. The Kier molecular flexibility index (Phi) is 3.05. The lowest BCUT2D eigenvalue weighted by Crippen LogP contribution is -1.99. The van der Waals surface area contributed by atoms with Gasteiger partial charge in [-0.05, 0) is 34.2 Å². The number of benzene rings is 2. The van der Waals surface area contributed by atoms with Crippen LogP contribution < -0.4 is 0 Å². The third-order valence-corrected chi connectivity index (χ3v) is 3.65. The summed E-state index contributed by atoms with van der Waals surface area (Å²) in [5.41, 5.74) is 4.35. The zero-order valence-electron chi connectivity index (χ0n) is 11.4. The zero-order valence-corrected chi connectivity index (χ0v) is 12.1. The van der Waals surface area contributed by atoms with E-state index in [9.17, 15) is 0 Å². The molecule has 4 aromatic rings. The molecule has 2 heterocycles. The van der Waals surface area contributed by atoms with Crippen molar-refractivity contribution in [1.82, 2.24) is 25.3 Å². The molecule has 106 valence electrons. The summed E-state index contributed by atoms with van der Waals surface area (Å²) in [4.78, 5) is 0. The van der Waals surface area contributed by atoms with E-state index in [4.69, 9.17) is 11.6 Å². The van der Waals surface area contributed by atoms with Crippen molar-refractivity contribution in [2.45, 2.75) is 0 Å². The molecule has 6 heteroatoms. The van der Waals surface area contributed by atoms with Crippen molar-refractivity contribution in [3.05, 3.63) is 65.7 Å². The number of hydrogen-bond acceptors (Lipinski definition) is 4. The van der Waals surface area contributed by atoms with Gasteiger partial charge in [-0.25, -0.2) is 0 Å². The molecule has 0 atom stereocenters. The molecular weight excluding hydrogens is 298 g/mol. The van der Waals surface area contributed by atoms with Crippen molar-refractivity contribution in [1.29, 1.82) is 0 Å². The van der Waals surface area contributed by atoms with Crippen LogP contribution in [-0.2, 0) is 0 Å². The van der Waals surface area contributed by atoms with Gasteiger partial charge in [-0.1, -0.05) is 54.1 Å². The van der Waals surface area contributed by atoms with E-state index in [1.54, 1.807) is 0 Å². The van der Waals surface area contributed by atoms with Gasteiger partial charge in [0, 0.05) is 16.1 Å². The van der Waals surface area contributed by atoms with Gasteiger partial charge in [0.2, 0.25) is 5.65 Å². The van der Waals surface area contributed by atoms with Crippen molar-refractivity contribution < 1.29 is 0 Å². The Labute approximate surface area is 131 Å². The lowest BCUT2D eigenvalue weighted by Gasteiger charge is -2.06.